The molecule has 4 aromatic carbocycles. The number of rotatable bonds is 17. The van der Waals surface area contributed by atoms with Crippen LogP contribution in [0.4, 0.5) is 0 Å². The molecule has 0 aliphatic carbocycles. The van der Waals surface area contributed by atoms with Crippen molar-refractivity contribution in [2.75, 3.05) is 13.1 Å². The number of hydrogen-bond acceptors (Lipinski definition) is 6. The summed E-state index contributed by atoms with van der Waals surface area (Å²) in [6.45, 7) is 9.79. The second-order valence-electron chi connectivity index (χ2n) is 13.4. The van der Waals surface area contributed by atoms with Gasteiger partial charge in [-0.2, -0.15) is 0 Å². The Balaban J connectivity index is 1.62. The summed E-state index contributed by atoms with van der Waals surface area (Å²) >= 11 is 0. The summed E-state index contributed by atoms with van der Waals surface area (Å²) in [6.07, 6.45) is 0.438. The van der Waals surface area contributed by atoms with Crippen molar-refractivity contribution in [2.45, 2.75) is 65.2 Å². The molecule has 0 spiro atoms. The van der Waals surface area contributed by atoms with E-state index in [1.54, 1.807) is 43.3 Å². The van der Waals surface area contributed by atoms with Gasteiger partial charge in [0.05, 0.1) is 12.1 Å². The molecule has 5 amide bonds. The highest BCUT2D eigenvalue weighted by atomic mass is 16.2. The van der Waals surface area contributed by atoms with Crippen LogP contribution in [0.1, 0.15) is 82.9 Å². The molecule has 0 aliphatic heterocycles. The van der Waals surface area contributed by atoms with Crippen molar-refractivity contribution in [3.05, 3.63) is 131 Å². The van der Waals surface area contributed by atoms with Gasteiger partial charge in [0.2, 0.25) is 17.7 Å². The normalized spacial score (nSPS) is 13.2. The van der Waals surface area contributed by atoms with Gasteiger partial charge >= 0.3 is 0 Å². The number of amides is 5. The Morgan fingerprint density at radius 2 is 1.26 bits per heavy atom. The summed E-state index contributed by atoms with van der Waals surface area (Å²) in [7, 11) is 0. The van der Waals surface area contributed by atoms with E-state index in [9.17, 15) is 24.0 Å². The Bertz CT molecular complexity index is 1880. The van der Waals surface area contributed by atoms with Crippen LogP contribution < -0.4 is 32.3 Å². The molecule has 0 unspecified atom stereocenters. The van der Waals surface area contributed by atoms with Crippen molar-refractivity contribution in [3.8, 4) is 11.1 Å². The maximum atomic E-state index is 14.1. The van der Waals surface area contributed by atoms with Crippen LogP contribution in [-0.2, 0) is 16.0 Å². The number of nitrogens with two attached hydrogens (primary N) is 1. The standard InChI is InChI=1S/C42H50N6O5/c1-6-44-42(53)37(26(2)3)48-39(50)28(5)45-25-34(21-29-15-9-7-10-16-29)47-41(52)33-23-31(35-19-13-14-20-36(35)38(43)49)22-32(24-33)40(51)46-27(4)30-17-11-8-12-18-30/h7-20,22-24,26-28,34,37,45H,6,21,25H2,1-5H3,(H2,43,49)(H,44,53)(H,46,51)(H,47,52)(H,48,50)/t27-,28+,34+,37+/m1/s1. The quantitative estimate of drug-likeness (QED) is 0.0936. The predicted octanol–water partition coefficient (Wildman–Crippen LogP) is 4.54. The van der Waals surface area contributed by atoms with E-state index in [0.717, 1.165) is 11.1 Å². The van der Waals surface area contributed by atoms with Gasteiger partial charge in [-0.3, -0.25) is 24.0 Å². The monoisotopic (exact) mass is 718 g/mol. The molecule has 0 bridgehead atoms. The molecule has 0 saturated carbocycles. The summed E-state index contributed by atoms with van der Waals surface area (Å²) in [4.78, 5) is 66.0. The molecule has 4 atom stereocenters. The molecule has 7 N–H and O–H groups in total. The number of carbonyl (C=O) groups excluding carboxylic acids is 5. The summed E-state index contributed by atoms with van der Waals surface area (Å²) in [5.41, 5.74) is 9.22. The lowest BCUT2D eigenvalue weighted by Gasteiger charge is -2.25. The van der Waals surface area contributed by atoms with Gasteiger partial charge in [-0.25, -0.2) is 0 Å². The fourth-order valence-corrected chi connectivity index (χ4v) is 5.95. The van der Waals surface area contributed by atoms with E-state index >= 15 is 0 Å². The second-order valence-corrected chi connectivity index (χ2v) is 13.4. The van der Waals surface area contributed by atoms with E-state index in [2.05, 4.69) is 26.6 Å². The molecule has 0 aliphatic rings. The maximum absolute atomic E-state index is 14.1. The highest BCUT2D eigenvalue weighted by Gasteiger charge is 2.27. The van der Waals surface area contributed by atoms with E-state index in [0.29, 0.717) is 24.1 Å². The smallest absolute Gasteiger partial charge is 0.251 e. The van der Waals surface area contributed by atoms with E-state index in [1.165, 1.54) is 6.07 Å². The van der Waals surface area contributed by atoms with Crippen LogP contribution in [0, 0.1) is 5.92 Å². The van der Waals surface area contributed by atoms with Gasteiger partial charge in [0.15, 0.2) is 0 Å². The van der Waals surface area contributed by atoms with Crippen molar-refractivity contribution in [1.29, 1.82) is 0 Å². The minimum Gasteiger partial charge on any atom is -0.366 e. The van der Waals surface area contributed by atoms with Gasteiger partial charge < -0.3 is 32.3 Å². The Morgan fingerprint density at radius 1 is 0.679 bits per heavy atom. The molecule has 0 fully saturated rings. The van der Waals surface area contributed by atoms with Crippen molar-refractivity contribution in [3.63, 3.8) is 0 Å². The van der Waals surface area contributed by atoms with Gasteiger partial charge in [0, 0.05) is 35.8 Å². The second kappa shape index (κ2) is 19.1. The Kier molecular flexibility index (Phi) is 14.4. The first-order valence-electron chi connectivity index (χ1n) is 17.9. The highest BCUT2D eigenvalue weighted by molar-refractivity contribution is 6.04. The minimum absolute atomic E-state index is 0.123. The molecule has 278 valence electrons. The summed E-state index contributed by atoms with van der Waals surface area (Å²) in [5, 5.41) is 14.9. The van der Waals surface area contributed by atoms with Gasteiger partial charge in [-0.1, -0.05) is 92.7 Å². The fraction of sp³-hybridized carbons (Fsp3) is 0.310. The zero-order valence-corrected chi connectivity index (χ0v) is 30.9. The lowest BCUT2D eigenvalue weighted by molar-refractivity contribution is -0.130. The number of benzene rings is 4. The predicted molar refractivity (Wildman–Crippen MR) is 207 cm³/mol. The van der Waals surface area contributed by atoms with E-state index < -0.39 is 35.8 Å². The molecule has 0 aromatic heterocycles. The highest BCUT2D eigenvalue weighted by Crippen LogP contribution is 2.27. The molecule has 11 heteroatoms. The van der Waals surface area contributed by atoms with Crippen LogP contribution in [0.15, 0.2) is 103 Å². The van der Waals surface area contributed by atoms with Gasteiger partial charge in [0.1, 0.15) is 6.04 Å². The Hall–Kier alpha value is -5.81. The van der Waals surface area contributed by atoms with Crippen LogP contribution in [-0.4, -0.2) is 60.8 Å². The van der Waals surface area contributed by atoms with E-state index in [1.807, 2.05) is 88.4 Å². The topological polar surface area (TPSA) is 172 Å². The van der Waals surface area contributed by atoms with Crippen LogP contribution in [0.2, 0.25) is 0 Å². The van der Waals surface area contributed by atoms with Crippen LogP contribution in [0.25, 0.3) is 11.1 Å². The van der Waals surface area contributed by atoms with Crippen molar-refractivity contribution in [2.24, 2.45) is 11.7 Å². The first-order valence-corrected chi connectivity index (χ1v) is 17.9. The third-order valence-corrected chi connectivity index (χ3v) is 8.93. The Morgan fingerprint density at radius 3 is 1.87 bits per heavy atom. The first kappa shape index (κ1) is 40.0. The minimum atomic E-state index is -0.694. The average Bonchev–Trinajstić information content (AvgIpc) is 3.16. The largest absolute Gasteiger partial charge is 0.366 e. The maximum Gasteiger partial charge on any atom is 0.251 e. The summed E-state index contributed by atoms with van der Waals surface area (Å²) in [5.74, 6) is -2.21. The zero-order valence-electron chi connectivity index (χ0n) is 30.9. The molecular formula is C42H50N6O5. The van der Waals surface area contributed by atoms with Gasteiger partial charge in [0.25, 0.3) is 11.8 Å². The molecule has 4 rings (SSSR count). The molecular weight excluding hydrogens is 668 g/mol. The third-order valence-electron chi connectivity index (χ3n) is 8.93. The molecule has 11 nitrogen and oxygen atoms in total. The number of carbonyl (C=O) groups is 5. The Labute approximate surface area is 311 Å². The lowest BCUT2D eigenvalue weighted by Crippen LogP contribution is -2.55. The molecule has 0 radical (unpaired) electrons. The number of hydrogen-bond donors (Lipinski definition) is 6. The van der Waals surface area contributed by atoms with Crippen LogP contribution in [0.3, 0.4) is 0 Å². The van der Waals surface area contributed by atoms with Gasteiger partial charge in [-0.05, 0) is 79.6 Å². The molecule has 53 heavy (non-hydrogen) atoms. The summed E-state index contributed by atoms with van der Waals surface area (Å²) in [6, 6.07) is 28.5. The van der Waals surface area contributed by atoms with Gasteiger partial charge in [-0.15, -0.1) is 0 Å². The van der Waals surface area contributed by atoms with E-state index in [4.69, 9.17) is 5.73 Å². The van der Waals surface area contributed by atoms with E-state index in [-0.39, 0.29) is 47.0 Å². The fourth-order valence-electron chi connectivity index (χ4n) is 5.95. The molecule has 4 aromatic rings. The average molecular weight is 719 g/mol. The van der Waals surface area contributed by atoms with Crippen LogP contribution in [0.5, 0.6) is 0 Å². The number of primary amides is 1. The van der Waals surface area contributed by atoms with Crippen molar-refractivity contribution in [1.82, 2.24) is 26.6 Å². The zero-order chi connectivity index (χ0) is 38.5. The first-order chi connectivity index (χ1) is 25.4. The summed E-state index contributed by atoms with van der Waals surface area (Å²) < 4.78 is 0. The molecule has 0 heterocycles. The van der Waals surface area contributed by atoms with Crippen molar-refractivity contribution < 1.29 is 24.0 Å². The number of nitrogens with one attached hydrogen (secondary N) is 5. The lowest BCUT2D eigenvalue weighted by atomic mass is 9.94. The van der Waals surface area contributed by atoms with Crippen LogP contribution >= 0.6 is 0 Å². The van der Waals surface area contributed by atoms with Crippen molar-refractivity contribution >= 4 is 29.5 Å². The SMILES string of the molecule is CCNC(=O)[C@@H](NC(=O)[C@H](C)NC[C@H](Cc1ccccc1)NC(=O)c1cc(C(=O)N[C@H](C)c2ccccc2)cc(-c2ccccc2C(N)=O)c1)C(C)C. The third kappa shape index (κ3) is 11.3. The number of likely N-dealkylation sites (N-methyl/N-ethyl adjacent to an activating group) is 1. The molecule has 0 saturated heterocycles.